The minimum Gasteiger partial charge on any atom is -0.466 e. The molecule has 10 heteroatoms. The summed E-state index contributed by atoms with van der Waals surface area (Å²) in [6.45, 7) is 9.65. The molecule has 0 spiro atoms. The molecular weight excluding hydrogens is 426 g/mol. The average molecular weight is 462 g/mol. The molecule has 0 saturated carbocycles. The number of hydrogen-bond donors (Lipinski definition) is 0. The molecule has 182 valence electrons. The Hall–Kier alpha value is -2.59. The van der Waals surface area contributed by atoms with E-state index in [0.29, 0.717) is 65.4 Å². The maximum atomic E-state index is 13.1. The molecule has 2 aliphatic rings. The van der Waals surface area contributed by atoms with Gasteiger partial charge in [-0.3, -0.25) is 24.3 Å². The van der Waals surface area contributed by atoms with Crippen LogP contribution in [0.4, 0.5) is 0 Å². The summed E-state index contributed by atoms with van der Waals surface area (Å²) < 4.78 is 10.5. The summed E-state index contributed by atoms with van der Waals surface area (Å²) in [5.74, 6) is -0.537. The highest BCUT2D eigenvalue weighted by Gasteiger charge is 2.29. The van der Waals surface area contributed by atoms with E-state index in [9.17, 15) is 14.4 Å². The molecule has 3 rings (SSSR count). The van der Waals surface area contributed by atoms with Crippen LogP contribution in [0.1, 0.15) is 42.4 Å². The summed E-state index contributed by atoms with van der Waals surface area (Å²) >= 11 is 0. The fourth-order valence-electron chi connectivity index (χ4n) is 4.08. The van der Waals surface area contributed by atoms with E-state index in [2.05, 4.69) is 14.9 Å². The van der Waals surface area contributed by atoms with Gasteiger partial charge >= 0.3 is 5.97 Å². The monoisotopic (exact) mass is 461 g/mol. The van der Waals surface area contributed by atoms with E-state index in [1.54, 1.807) is 22.9 Å². The van der Waals surface area contributed by atoms with Gasteiger partial charge in [0, 0.05) is 58.4 Å². The summed E-state index contributed by atoms with van der Waals surface area (Å²) in [5, 5.41) is 0. The van der Waals surface area contributed by atoms with Gasteiger partial charge in [0.15, 0.2) is 0 Å². The van der Waals surface area contributed by atoms with Gasteiger partial charge in [0.25, 0.3) is 5.91 Å². The van der Waals surface area contributed by atoms with Crippen LogP contribution < -0.4 is 0 Å². The minimum absolute atomic E-state index is 0.00327. The highest BCUT2D eigenvalue weighted by atomic mass is 16.5. The van der Waals surface area contributed by atoms with Crippen molar-refractivity contribution in [2.75, 3.05) is 65.6 Å². The van der Waals surface area contributed by atoms with Crippen molar-refractivity contribution in [3.8, 4) is 0 Å². The van der Waals surface area contributed by atoms with Gasteiger partial charge in [-0.25, -0.2) is 4.98 Å². The Morgan fingerprint density at radius 1 is 1.09 bits per heavy atom. The summed E-state index contributed by atoms with van der Waals surface area (Å²) in [5.41, 5.74) is 1.03. The van der Waals surface area contributed by atoms with Gasteiger partial charge in [0.05, 0.1) is 37.6 Å². The lowest BCUT2D eigenvalue weighted by Crippen LogP contribution is -2.45. The number of morpholine rings is 1. The number of esters is 1. The summed E-state index contributed by atoms with van der Waals surface area (Å²) in [6, 6.07) is 0. The smallest absolute Gasteiger partial charge is 0.309 e. The van der Waals surface area contributed by atoms with Crippen molar-refractivity contribution in [1.82, 2.24) is 24.7 Å². The second-order valence-corrected chi connectivity index (χ2v) is 8.45. The molecule has 33 heavy (non-hydrogen) atoms. The van der Waals surface area contributed by atoms with Crippen molar-refractivity contribution in [1.29, 1.82) is 0 Å². The SMILES string of the molecule is CCOC(=O)C1CCN(C(=O)CCN(CCN2CCOCC2)C(=O)c2cnc(C)cn2)CC1. The van der Waals surface area contributed by atoms with Crippen molar-refractivity contribution in [3.63, 3.8) is 0 Å². The van der Waals surface area contributed by atoms with Crippen molar-refractivity contribution in [2.45, 2.75) is 33.1 Å². The van der Waals surface area contributed by atoms with Crippen LogP contribution in [0.15, 0.2) is 12.4 Å². The van der Waals surface area contributed by atoms with Gasteiger partial charge in [0.2, 0.25) is 5.91 Å². The highest BCUT2D eigenvalue weighted by molar-refractivity contribution is 5.92. The van der Waals surface area contributed by atoms with Crippen molar-refractivity contribution < 1.29 is 23.9 Å². The molecule has 0 bridgehead atoms. The maximum absolute atomic E-state index is 13.1. The molecule has 0 unspecified atom stereocenters. The third-order valence-electron chi connectivity index (χ3n) is 6.14. The van der Waals surface area contributed by atoms with Crippen molar-refractivity contribution in [2.24, 2.45) is 5.92 Å². The first kappa shape index (κ1) is 25.0. The zero-order valence-corrected chi connectivity index (χ0v) is 19.7. The van der Waals surface area contributed by atoms with Crippen LogP contribution in [0, 0.1) is 12.8 Å². The number of ether oxygens (including phenoxy) is 2. The molecule has 1 aromatic heterocycles. The fourth-order valence-corrected chi connectivity index (χ4v) is 4.08. The molecule has 0 aromatic carbocycles. The van der Waals surface area contributed by atoms with Crippen LogP contribution >= 0.6 is 0 Å². The highest BCUT2D eigenvalue weighted by Crippen LogP contribution is 2.19. The van der Waals surface area contributed by atoms with Crippen LogP contribution in [0.5, 0.6) is 0 Å². The number of nitrogens with zero attached hydrogens (tertiary/aromatic N) is 5. The first-order chi connectivity index (χ1) is 16.0. The van der Waals surface area contributed by atoms with Gasteiger partial charge in [-0.05, 0) is 26.7 Å². The summed E-state index contributed by atoms with van der Waals surface area (Å²) in [4.78, 5) is 52.0. The summed E-state index contributed by atoms with van der Waals surface area (Å²) in [7, 11) is 0. The van der Waals surface area contributed by atoms with E-state index in [0.717, 1.165) is 18.8 Å². The molecule has 0 aliphatic carbocycles. The van der Waals surface area contributed by atoms with Crippen LogP contribution in [0.3, 0.4) is 0 Å². The Morgan fingerprint density at radius 2 is 1.82 bits per heavy atom. The van der Waals surface area contributed by atoms with Crippen molar-refractivity contribution in [3.05, 3.63) is 23.8 Å². The second-order valence-electron chi connectivity index (χ2n) is 8.45. The number of carbonyl (C=O) groups is 3. The van der Waals surface area contributed by atoms with Gasteiger partial charge < -0.3 is 19.3 Å². The molecule has 0 N–H and O–H groups in total. The Bertz CT molecular complexity index is 789. The second kappa shape index (κ2) is 12.6. The van der Waals surface area contributed by atoms with Crippen LogP contribution in [0.2, 0.25) is 0 Å². The molecule has 2 fully saturated rings. The van der Waals surface area contributed by atoms with Crippen LogP contribution in [-0.2, 0) is 19.1 Å². The lowest BCUT2D eigenvalue weighted by Gasteiger charge is -2.32. The largest absolute Gasteiger partial charge is 0.466 e. The van der Waals surface area contributed by atoms with Gasteiger partial charge in [-0.2, -0.15) is 0 Å². The van der Waals surface area contributed by atoms with Crippen LogP contribution in [-0.4, -0.2) is 108 Å². The molecule has 3 heterocycles. The van der Waals surface area contributed by atoms with Crippen molar-refractivity contribution >= 4 is 17.8 Å². The fraction of sp³-hybridized carbons (Fsp3) is 0.696. The Labute approximate surface area is 195 Å². The Balaban J connectivity index is 1.54. The topological polar surface area (TPSA) is 105 Å². The van der Waals surface area contributed by atoms with E-state index < -0.39 is 0 Å². The van der Waals surface area contributed by atoms with Gasteiger partial charge in [0.1, 0.15) is 5.69 Å². The minimum atomic E-state index is -0.218. The summed E-state index contributed by atoms with van der Waals surface area (Å²) in [6.07, 6.45) is 4.53. The quantitative estimate of drug-likeness (QED) is 0.496. The number of aromatic nitrogens is 2. The zero-order valence-electron chi connectivity index (χ0n) is 19.7. The number of likely N-dealkylation sites (tertiary alicyclic amines) is 1. The lowest BCUT2D eigenvalue weighted by atomic mass is 9.97. The maximum Gasteiger partial charge on any atom is 0.309 e. The number of rotatable bonds is 9. The molecule has 0 atom stereocenters. The number of piperidine rings is 1. The van der Waals surface area contributed by atoms with E-state index in [4.69, 9.17) is 9.47 Å². The lowest BCUT2D eigenvalue weighted by molar-refractivity contribution is -0.151. The molecule has 10 nitrogen and oxygen atoms in total. The molecule has 2 amide bonds. The normalized spacial score (nSPS) is 17.6. The Kier molecular flexibility index (Phi) is 9.56. The predicted octanol–water partition coefficient (Wildman–Crippen LogP) is 0.751. The van der Waals surface area contributed by atoms with E-state index >= 15 is 0 Å². The molecular formula is C23H35N5O5. The molecule has 0 radical (unpaired) electrons. The van der Waals surface area contributed by atoms with E-state index in [-0.39, 0.29) is 35.8 Å². The van der Waals surface area contributed by atoms with E-state index in [1.165, 1.54) is 6.20 Å². The van der Waals surface area contributed by atoms with Gasteiger partial charge in [-0.15, -0.1) is 0 Å². The molecule has 2 aliphatic heterocycles. The number of aryl methyl sites for hydroxylation is 1. The number of hydrogen-bond acceptors (Lipinski definition) is 8. The average Bonchev–Trinajstić information content (AvgIpc) is 2.85. The predicted molar refractivity (Wildman–Crippen MR) is 120 cm³/mol. The Morgan fingerprint density at radius 3 is 2.45 bits per heavy atom. The first-order valence-corrected chi connectivity index (χ1v) is 11.8. The molecule has 1 aromatic rings. The third kappa shape index (κ3) is 7.46. The third-order valence-corrected chi connectivity index (χ3v) is 6.14. The number of amides is 2. The van der Waals surface area contributed by atoms with Gasteiger partial charge in [-0.1, -0.05) is 0 Å². The van der Waals surface area contributed by atoms with E-state index in [1.807, 2.05) is 6.92 Å². The zero-order chi connectivity index (χ0) is 23.6. The molecule has 2 saturated heterocycles. The first-order valence-electron chi connectivity index (χ1n) is 11.8. The standard InChI is InChI=1S/C23H35N5O5/c1-3-33-23(31)19-4-7-27(8-5-19)21(29)6-9-28(11-10-26-12-14-32-15-13-26)22(30)20-17-24-18(2)16-25-20/h16-17,19H,3-15H2,1-2H3. The number of carbonyl (C=O) groups excluding carboxylic acids is 3. The van der Waals surface area contributed by atoms with Crippen LogP contribution in [0.25, 0.3) is 0 Å².